The van der Waals surface area contributed by atoms with Crippen molar-refractivity contribution < 1.29 is 32.2 Å². The first-order valence-corrected chi connectivity index (χ1v) is 9.06. The van der Waals surface area contributed by atoms with Crippen molar-refractivity contribution in [3.05, 3.63) is 53.6 Å². The summed E-state index contributed by atoms with van der Waals surface area (Å²) >= 11 is 0. The molecule has 0 spiro atoms. The number of carbonyl (C=O) groups is 1. The number of halogens is 3. The van der Waals surface area contributed by atoms with E-state index in [1.54, 1.807) is 6.07 Å². The molecule has 0 bridgehead atoms. The minimum atomic E-state index is -4.54. The van der Waals surface area contributed by atoms with Crippen LogP contribution in [0.1, 0.15) is 30.9 Å². The third kappa shape index (κ3) is 6.98. The van der Waals surface area contributed by atoms with Gasteiger partial charge in [-0.25, -0.2) is 0 Å². The average molecular weight is 411 g/mol. The fraction of sp³-hybridized carbons (Fsp3) is 0.381. The maximum atomic E-state index is 13.0. The molecule has 0 aliphatic carbocycles. The molecule has 2 rings (SSSR count). The molecular weight excluding hydrogens is 387 g/mol. The Morgan fingerprint density at radius 2 is 1.83 bits per heavy atom. The van der Waals surface area contributed by atoms with E-state index in [4.69, 9.17) is 14.2 Å². The minimum absolute atomic E-state index is 0.0829. The third-order valence-electron chi connectivity index (χ3n) is 4.02. The molecule has 2 aromatic rings. The molecule has 29 heavy (non-hydrogen) atoms. The van der Waals surface area contributed by atoms with Crippen LogP contribution in [0, 0.1) is 0 Å². The summed E-state index contributed by atoms with van der Waals surface area (Å²) < 4.78 is 54.8. The third-order valence-corrected chi connectivity index (χ3v) is 4.02. The summed E-state index contributed by atoms with van der Waals surface area (Å²) in [7, 11) is 1.48. The number of rotatable bonds is 9. The topological polar surface area (TPSA) is 56.8 Å². The molecule has 0 aliphatic heterocycles. The SMILES string of the molecule is COCCOc1ccc(C(F)(F)F)cc1NC(=O)COc1cccc(C(C)C)c1. The van der Waals surface area contributed by atoms with Gasteiger partial charge in [0, 0.05) is 7.11 Å². The zero-order valence-corrected chi connectivity index (χ0v) is 16.5. The second kappa shape index (κ2) is 10.2. The van der Waals surface area contributed by atoms with E-state index in [0.29, 0.717) is 11.7 Å². The molecule has 0 fully saturated rings. The summed E-state index contributed by atoms with van der Waals surface area (Å²) in [6, 6.07) is 10.2. The van der Waals surface area contributed by atoms with Gasteiger partial charge < -0.3 is 19.5 Å². The number of hydrogen-bond donors (Lipinski definition) is 1. The van der Waals surface area contributed by atoms with Crippen LogP contribution >= 0.6 is 0 Å². The number of benzene rings is 2. The maximum absolute atomic E-state index is 13.0. The van der Waals surface area contributed by atoms with Crippen LogP contribution in [0.25, 0.3) is 0 Å². The highest BCUT2D eigenvalue weighted by Gasteiger charge is 2.31. The lowest BCUT2D eigenvalue weighted by Crippen LogP contribution is -2.21. The van der Waals surface area contributed by atoms with Gasteiger partial charge in [0.1, 0.15) is 18.1 Å². The molecule has 0 atom stereocenters. The van der Waals surface area contributed by atoms with Gasteiger partial charge >= 0.3 is 6.18 Å². The van der Waals surface area contributed by atoms with E-state index in [1.807, 2.05) is 32.0 Å². The Morgan fingerprint density at radius 3 is 2.48 bits per heavy atom. The van der Waals surface area contributed by atoms with Crippen LogP contribution in [0.5, 0.6) is 11.5 Å². The normalized spacial score (nSPS) is 11.4. The van der Waals surface area contributed by atoms with E-state index < -0.39 is 17.6 Å². The Kier molecular flexibility index (Phi) is 7.90. The number of amides is 1. The van der Waals surface area contributed by atoms with Gasteiger partial charge in [0.25, 0.3) is 5.91 Å². The van der Waals surface area contributed by atoms with Crippen molar-refractivity contribution in [2.24, 2.45) is 0 Å². The number of nitrogens with one attached hydrogen (secondary N) is 1. The molecule has 0 heterocycles. The summed E-state index contributed by atoms with van der Waals surface area (Å²) in [6.45, 7) is 4.09. The summed E-state index contributed by atoms with van der Waals surface area (Å²) in [4.78, 5) is 12.3. The summed E-state index contributed by atoms with van der Waals surface area (Å²) in [5.74, 6) is 0.317. The summed E-state index contributed by atoms with van der Waals surface area (Å²) in [6.07, 6.45) is -4.54. The van der Waals surface area contributed by atoms with Crippen LogP contribution in [0.2, 0.25) is 0 Å². The molecule has 2 aromatic carbocycles. The first kappa shape index (κ1) is 22.5. The van der Waals surface area contributed by atoms with Crippen molar-refractivity contribution >= 4 is 11.6 Å². The van der Waals surface area contributed by atoms with Crippen LogP contribution in [-0.4, -0.2) is 32.8 Å². The van der Waals surface area contributed by atoms with Crippen molar-refractivity contribution in [1.29, 1.82) is 0 Å². The number of carbonyl (C=O) groups excluding carboxylic acids is 1. The molecule has 8 heteroatoms. The standard InChI is InChI=1S/C21H24F3NO4/c1-14(2)15-5-4-6-17(11-15)29-13-20(26)25-18-12-16(21(22,23)24)7-8-19(18)28-10-9-27-3/h4-8,11-12,14H,9-10,13H2,1-3H3,(H,25,26). The fourth-order valence-electron chi connectivity index (χ4n) is 2.46. The Bertz CT molecular complexity index is 822. The highest BCUT2D eigenvalue weighted by molar-refractivity contribution is 5.93. The van der Waals surface area contributed by atoms with Gasteiger partial charge in [-0.15, -0.1) is 0 Å². The first-order chi connectivity index (χ1) is 13.7. The van der Waals surface area contributed by atoms with Crippen LogP contribution < -0.4 is 14.8 Å². The van der Waals surface area contributed by atoms with Gasteiger partial charge in [0.2, 0.25) is 0 Å². The maximum Gasteiger partial charge on any atom is 0.416 e. The lowest BCUT2D eigenvalue weighted by atomic mass is 10.0. The van der Waals surface area contributed by atoms with Gasteiger partial charge in [-0.1, -0.05) is 26.0 Å². The van der Waals surface area contributed by atoms with Gasteiger partial charge in [-0.05, 0) is 41.8 Å². The van der Waals surface area contributed by atoms with E-state index in [-0.39, 0.29) is 31.3 Å². The van der Waals surface area contributed by atoms with E-state index >= 15 is 0 Å². The number of anilines is 1. The van der Waals surface area contributed by atoms with Gasteiger partial charge in [0.15, 0.2) is 6.61 Å². The monoisotopic (exact) mass is 411 g/mol. The average Bonchev–Trinajstić information content (AvgIpc) is 2.67. The second-order valence-corrected chi connectivity index (χ2v) is 6.61. The van der Waals surface area contributed by atoms with Crippen LogP contribution in [-0.2, 0) is 15.7 Å². The van der Waals surface area contributed by atoms with Crippen molar-refractivity contribution in [3.8, 4) is 11.5 Å². The smallest absolute Gasteiger partial charge is 0.416 e. The first-order valence-electron chi connectivity index (χ1n) is 9.06. The lowest BCUT2D eigenvalue weighted by Gasteiger charge is -2.15. The van der Waals surface area contributed by atoms with Gasteiger partial charge in [-0.3, -0.25) is 4.79 Å². The van der Waals surface area contributed by atoms with Gasteiger partial charge in [-0.2, -0.15) is 13.2 Å². The quantitative estimate of drug-likeness (QED) is 0.598. The molecule has 0 unspecified atom stereocenters. The van der Waals surface area contributed by atoms with E-state index in [9.17, 15) is 18.0 Å². The van der Waals surface area contributed by atoms with E-state index in [2.05, 4.69) is 5.32 Å². The number of ether oxygens (including phenoxy) is 3. The highest BCUT2D eigenvalue weighted by atomic mass is 19.4. The second-order valence-electron chi connectivity index (χ2n) is 6.61. The predicted octanol–water partition coefficient (Wildman–Crippen LogP) is 4.87. The molecule has 0 radical (unpaired) electrons. The van der Waals surface area contributed by atoms with Crippen molar-refractivity contribution in [2.75, 3.05) is 32.2 Å². The van der Waals surface area contributed by atoms with Crippen LogP contribution in [0.3, 0.4) is 0 Å². The fourth-order valence-corrected chi connectivity index (χ4v) is 2.46. The molecule has 0 saturated carbocycles. The van der Waals surface area contributed by atoms with Crippen molar-refractivity contribution in [2.45, 2.75) is 25.9 Å². The van der Waals surface area contributed by atoms with E-state index in [0.717, 1.165) is 17.7 Å². The van der Waals surface area contributed by atoms with Gasteiger partial charge in [0.05, 0.1) is 17.9 Å². The molecule has 5 nitrogen and oxygen atoms in total. The number of methoxy groups -OCH3 is 1. The predicted molar refractivity (Wildman–Crippen MR) is 103 cm³/mol. The largest absolute Gasteiger partial charge is 0.489 e. The number of alkyl halides is 3. The number of hydrogen-bond acceptors (Lipinski definition) is 4. The highest BCUT2D eigenvalue weighted by Crippen LogP contribution is 2.35. The Hall–Kier alpha value is -2.74. The minimum Gasteiger partial charge on any atom is -0.489 e. The molecule has 1 amide bonds. The molecule has 1 N–H and O–H groups in total. The molecule has 0 aromatic heterocycles. The van der Waals surface area contributed by atoms with E-state index in [1.165, 1.54) is 13.2 Å². The zero-order chi connectivity index (χ0) is 21.4. The Labute approximate surface area is 167 Å². The Morgan fingerprint density at radius 1 is 1.07 bits per heavy atom. The van der Waals surface area contributed by atoms with Crippen LogP contribution in [0.4, 0.5) is 18.9 Å². The zero-order valence-electron chi connectivity index (χ0n) is 16.5. The lowest BCUT2D eigenvalue weighted by molar-refractivity contribution is -0.137. The molecular formula is C21H24F3NO4. The van der Waals surface area contributed by atoms with Crippen LogP contribution in [0.15, 0.2) is 42.5 Å². The summed E-state index contributed by atoms with van der Waals surface area (Å²) in [5, 5.41) is 2.43. The van der Waals surface area contributed by atoms with Crippen molar-refractivity contribution in [3.63, 3.8) is 0 Å². The summed E-state index contributed by atoms with van der Waals surface area (Å²) in [5.41, 5.74) is 0.0764. The van der Waals surface area contributed by atoms with Crippen molar-refractivity contribution in [1.82, 2.24) is 0 Å². The molecule has 158 valence electrons. The Balaban J connectivity index is 2.09. The molecule has 0 saturated heterocycles. The molecule has 0 aliphatic rings.